The zero-order chi connectivity index (χ0) is 12.4. The van der Waals surface area contributed by atoms with Crippen LogP contribution in [0, 0.1) is 29.5 Å². The Morgan fingerprint density at radius 1 is 1.41 bits per heavy atom. The molecule has 0 spiro atoms. The molecular weight excluding hydrogens is 241 g/mol. The van der Waals surface area contributed by atoms with E-state index >= 15 is 0 Å². The largest absolute Gasteiger partial charge is 0.238 e. The van der Waals surface area contributed by atoms with Crippen molar-refractivity contribution in [2.45, 2.75) is 0 Å². The van der Waals surface area contributed by atoms with Gasteiger partial charge >= 0.3 is 0 Å². The first kappa shape index (κ1) is 11.2. The summed E-state index contributed by atoms with van der Waals surface area (Å²) in [7, 11) is 0. The second-order valence-electron chi connectivity index (χ2n) is 3.22. The Balaban J connectivity index is 2.57. The molecule has 0 radical (unpaired) electrons. The molecule has 2 rings (SSSR count). The summed E-state index contributed by atoms with van der Waals surface area (Å²) in [5.41, 5.74) is 0.869. The number of hydrogen-bond donors (Lipinski definition) is 0. The van der Waals surface area contributed by atoms with Crippen LogP contribution < -0.4 is 0 Å². The topological polar surface area (TPSA) is 41.6 Å². The van der Waals surface area contributed by atoms with E-state index in [0.717, 1.165) is 6.07 Å². The number of rotatable bonds is 1. The van der Waals surface area contributed by atoms with Gasteiger partial charge in [0.25, 0.3) is 0 Å². The lowest BCUT2D eigenvalue weighted by Crippen LogP contribution is -1.97. The van der Waals surface area contributed by atoms with Gasteiger partial charge in [0.15, 0.2) is 5.69 Å². The van der Waals surface area contributed by atoms with Crippen LogP contribution in [0.5, 0.6) is 0 Å². The van der Waals surface area contributed by atoms with Crippen molar-refractivity contribution in [1.29, 1.82) is 5.26 Å². The highest BCUT2D eigenvalue weighted by atomic mass is 35.5. The molecule has 1 aromatic carbocycles. The summed E-state index contributed by atoms with van der Waals surface area (Å²) in [4.78, 5) is 0. The third-order valence-corrected chi connectivity index (χ3v) is 2.36. The van der Waals surface area contributed by atoms with E-state index in [-0.39, 0.29) is 11.3 Å². The normalized spacial score (nSPS) is 9.65. The minimum absolute atomic E-state index is 0.203. The molecule has 0 fully saturated rings. The van der Waals surface area contributed by atoms with Crippen molar-refractivity contribution in [3.8, 4) is 24.1 Å². The number of hydrogen-bond acceptors (Lipinski definition) is 2. The molecule has 0 aliphatic rings. The molecule has 82 valence electrons. The lowest BCUT2D eigenvalue weighted by molar-refractivity contribution is 0.625. The van der Waals surface area contributed by atoms with Crippen molar-refractivity contribution in [2.75, 3.05) is 0 Å². The molecule has 0 bridgehead atoms. The van der Waals surface area contributed by atoms with Gasteiger partial charge in [-0.25, -0.2) is 9.07 Å². The Kier molecular flexibility index (Phi) is 2.82. The van der Waals surface area contributed by atoms with Gasteiger partial charge in [0, 0.05) is 0 Å². The maximum Gasteiger partial charge on any atom is 0.154 e. The van der Waals surface area contributed by atoms with Crippen LogP contribution in [0.15, 0.2) is 24.4 Å². The number of aromatic nitrogens is 2. The Bertz CT molecular complexity index is 661. The fraction of sp³-hybridized carbons (Fsp3) is 0. The monoisotopic (exact) mass is 245 g/mol. The van der Waals surface area contributed by atoms with Gasteiger partial charge in [-0.3, -0.25) is 0 Å². The molecule has 3 nitrogen and oxygen atoms in total. The van der Waals surface area contributed by atoms with E-state index in [1.165, 1.54) is 23.0 Å². The molecule has 0 N–H and O–H groups in total. The molecule has 0 unspecified atom stereocenters. The fourth-order valence-electron chi connectivity index (χ4n) is 1.35. The first-order chi connectivity index (χ1) is 8.13. The standard InChI is InChI=1S/C12H5ClFN3/c1-2-12-11(13)7-17(16-12)10-4-8(6-15)3-9(14)5-10/h1,3-5,7H. The minimum atomic E-state index is -0.520. The predicted molar refractivity (Wildman–Crippen MR) is 61.2 cm³/mol. The van der Waals surface area contributed by atoms with Crippen LogP contribution in [0.1, 0.15) is 11.3 Å². The summed E-state index contributed by atoms with van der Waals surface area (Å²) in [6.07, 6.45) is 6.66. The van der Waals surface area contributed by atoms with Crippen LogP contribution in [0.2, 0.25) is 5.02 Å². The first-order valence-corrected chi connectivity index (χ1v) is 4.94. The van der Waals surface area contributed by atoms with Crippen molar-refractivity contribution in [3.63, 3.8) is 0 Å². The quantitative estimate of drug-likeness (QED) is 0.725. The van der Waals surface area contributed by atoms with E-state index in [1.807, 2.05) is 6.07 Å². The summed E-state index contributed by atoms with van der Waals surface area (Å²) < 4.78 is 14.6. The maximum atomic E-state index is 13.2. The molecule has 17 heavy (non-hydrogen) atoms. The molecule has 0 aliphatic carbocycles. The molecule has 5 heteroatoms. The van der Waals surface area contributed by atoms with Crippen LogP contribution in [-0.2, 0) is 0 Å². The van der Waals surface area contributed by atoms with Crippen molar-refractivity contribution >= 4 is 11.6 Å². The number of terminal acetylenes is 1. The van der Waals surface area contributed by atoms with Crippen molar-refractivity contribution in [3.05, 3.63) is 46.5 Å². The molecule has 0 saturated heterocycles. The molecule has 1 heterocycles. The van der Waals surface area contributed by atoms with Crippen LogP contribution in [0.25, 0.3) is 5.69 Å². The Hall–Kier alpha value is -2.30. The van der Waals surface area contributed by atoms with Crippen molar-refractivity contribution < 1.29 is 4.39 Å². The number of nitrogens with zero attached hydrogens (tertiary/aromatic N) is 3. The van der Waals surface area contributed by atoms with Gasteiger partial charge in [-0.1, -0.05) is 11.6 Å². The van der Waals surface area contributed by atoms with Crippen LogP contribution in [-0.4, -0.2) is 9.78 Å². The van der Waals surface area contributed by atoms with Gasteiger partial charge in [-0.15, -0.1) is 6.42 Å². The van der Waals surface area contributed by atoms with Crippen molar-refractivity contribution in [1.82, 2.24) is 9.78 Å². The van der Waals surface area contributed by atoms with Crippen molar-refractivity contribution in [2.24, 2.45) is 0 Å². The average molecular weight is 246 g/mol. The van der Waals surface area contributed by atoms with E-state index in [9.17, 15) is 4.39 Å². The molecule has 0 amide bonds. The lowest BCUT2D eigenvalue weighted by Gasteiger charge is -2.01. The van der Waals surface area contributed by atoms with Gasteiger partial charge < -0.3 is 0 Å². The second-order valence-corrected chi connectivity index (χ2v) is 3.63. The SMILES string of the molecule is C#Cc1nn(-c2cc(F)cc(C#N)c2)cc1Cl. The molecule has 0 saturated carbocycles. The third kappa shape index (κ3) is 2.13. The molecule has 0 aliphatic heterocycles. The summed E-state index contributed by atoms with van der Waals surface area (Å²) in [5, 5.41) is 13.0. The summed E-state index contributed by atoms with van der Waals surface area (Å²) >= 11 is 5.82. The van der Waals surface area contributed by atoms with E-state index < -0.39 is 5.82 Å². The minimum Gasteiger partial charge on any atom is -0.238 e. The van der Waals surface area contributed by atoms with E-state index in [0.29, 0.717) is 10.7 Å². The van der Waals surface area contributed by atoms with Gasteiger partial charge in [0.2, 0.25) is 0 Å². The predicted octanol–water partition coefficient (Wildman–Crippen LogP) is 2.52. The van der Waals surface area contributed by atoms with E-state index in [2.05, 4.69) is 11.0 Å². The number of halogens is 2. The zero-order valence-corrected chi connectivity index (χ0v) is 9.24. The number of benzene rings is 1. The molecular formula is C12H5ClFN3. The maximum absolute atomic E-state index is 13.2. The second kappa shape index (κ2) is 4.29. The average Bonchev–Trinajstić information content (AvgIpc) is 2.69. The smallest absolute Gasteiger partial charge is 0.154 e. The Labute approximate surface area is 102 Å². The third-order valence-electron chi connectivity index (χ3n) is 2.08. The Morgan fingerprint density at radius 2 is 2.18 bits per heavy atom. The summed E-state index contributed by atoms with van der Waals surface area (Å²) in [5.74, 6) is 1.79. The summed E-state index contributed by atoms with van der Waals surface area (Å²) in [6, 6.07) is 5.73. The molecule has 0 atom stereocenters. The van der Waals surface area contributed by atoms with E-state index in [4.69, 9.17) is 23.3 Å². The van der Waals surface area contributed by atoms with Gasteiger partial charge in [-0.05, 0) is 24.1 Å². The first-order valence-electron chi connectivity index (χ1n) is 4.57. The highest BCUT2D eigenvalue weighted by Crippen LogP contribution is 2.18. The number of nitriles is 1. The summed E-state index contributed by atoms with van der Waals surface area (Å²) in [6.45, 7) is 0. The van der Waals surface area contributed by atoms with Gasteiger partial charge in [0.05, 0.1) is 28.5 Å². The van der Waals surface area contributed by atoms with Gasteiger partial charge in [-0.2, -0.15) is 10.4 Å². The molecule has 1 aromatic heterocycles. The molecule has 2 aromatic rings. The van der Waals surface area contributed by atoms with Crippen LogP contribution in [0.3, 0.4) is 0 Å². The highest BCUT2D eigenvalue weighted by Gasteiger charge is 2.08. The fourth-order valence-corrected chi connectivity index (χ4v) is 1.54. The van der Waals surface area contributed by atoms with Gasteiger partial charge in [0.1, 0.15) is 5.82 Å². The zero-order valence-electron chi connectivity index (χ0n) is 8.48. The van der Waals surface area contributed by atoms with E-state index in [1.54, 1.807) is 0 Å². The highest BCUT2D eigenvalue weighted by molar-refractivity contribution is 6.31. The van der Waals surface area contributed by atoms with Crippen LogP contribution >= 0.6 is 11.6 Å². The van der Waals surface area contributed by atoms with Crippen LogP contribution in [0.4, 0.5) is 4.39 Å². The Morgan fingerprint density at radius 3 is 2.76 bits per heavy atom. The lowest BCUT2D eigenvalue weighted by atomic mass is 10.2.